The summed E-state index contributed by atoms with van der Waals surface area (Å²) in [6.07, 6.45) is 18.3. The molecule has 0 saturated heterocycles. The van der Waals surface area contributed by atoms with Crippen molar-refractivity contribution in [2.75, 3.05) is 0 Å². The average molecular weight is 477 g/mol. The van der Waals surface area contributed by atoms with Gasteiger partial charge in [0.2, 0.25) is 0 Å². The molecule has 0 aromatic heterocycles. The number of rotatable bonds is 21. The van der Waals surface area contributed by atoms with Crippen molar-refractivity contribution in [1.29, 1.82) is 0 Å². The van der Waals surface area contributed by atoms with Gasteiger partial charge >= 0.3 is 25.4 Å². The van der Waals surface area contributed by atoms with Gasteiger partial charge in [0.1, 0.15) is 6.04 Å². The number of carbonyl (C=O) groups is 2. The Morgan fingerprint density at radius 2 is 1.13 bits per heavy atom. The van der Waals surface area contributed by atoms with E-state index in [9.17, 15) is 19.8 Å². The first-order valence-corrected chi connectivity index (χ1v) is 11.6. The monoisotopic (exact) mass is 475 g/mol. The van der Waals surface area contributed by atoms with Crippen LogP contribution in [-0.4, -0.2) is 29.0 Å². The molecule has 0 bridgehead atoms. The number of carbonyl (C=O) groups excluding carboxylic acids is 1. The predicted molar refractivity (Wildman–Crippen MR) is 113 cm³/mol. The Morgan fingerprint density at radius 1 is 0.733 bits per heavy atom. The summed E-state index contributed by atoms with van der Waals surface area (Å²) in [5.74, 6) is -3.05. The topological polar surface area (TPSA) is 113 Å². The summed E-state index contributed by atoms with van der Waals surface area (Å²) in [6.45, 7) is 2.25. The number of aliphatic carboxylic acids is 2. The SMILES string of the molecule is CCCCCCCCCCCCCCCCCC([O-])=N[C@@H](CCC(=O)[O-])C(=O)O.[Zn+2]. The quantitative estimate of drug-likeness (QED) is 0.116. The van der Waals surface area contributed by atoms with E-state index in [-0.39, 0.29) is 32.3 Å². The number of hydrogen-bond acceptors (Lipinski definition) is 5. The number of carboxylic acid groups (broad SMARTS) is 2. The van der Waals surface area contributed by atoms with Crippen LogP contribution in [-0.2, 0) is 29.1 Å². The van der Waals surface area contributed by atoms with Gasteiger partial charge in [-0.3, -0.25) is 4.99 Å². The van der Waals surface area contributed by atoms with Crippen LogP contribution in [0.15, 0.2) is 4.99 Å². The zero-order valence-electron chi connectivity index (χ0n) is 19.0. The van der Waals surface area contributed by atoms with Crippen molar-refractivity contribution in [3.05, 3.63) is 0 Å². The van der Waals surface area contributed by atoms with Crippen molar-refractivity contribution in [1.82, 2.24) is 0 Å². The molecule has 0 rings (SSSR count). The third-order valence-electron chi connectivity index (χ3n) is 5.20. The molecule has 0 aliphatic carbocycles. The van der Waals surface area contributed by atoms with Crippen LogP contribution in [0.5, 0.6) is 0 Å². The summed E-state index contributed by atoms with van der Waals surface area (Å²) in [5, 5.41) is 31.1. The van der Waals surface area contributed by atoms with Gasteiger partial charge in [-0.25, -0.2) is 4.79 Å². The first kappa shape index (κ1) is 31.2. The Kier molecular flexibility index (Phi) is 23.6. The van der Waals surface area contributed by atoms with Crippen molar-refractivity contribution in [2.24, 2.45) is 4.99 Å². The van der Waals surface area contributed by atoms with Crippen LogP contribution < -0.4 is 10.2 Å². The molecule has 1 N–H and O–H groups in total. The maximum atomic E-state index is 11.7. The minimum absolute atomic E-state index is 0. The Morgan fingerprint density at radius 3 is 1.50 bits per heavy atom. The Balaban J connectivity index is 0. The number of unbranched alkanes of at least 4 members (excludes halogenated alkanes) is 14. The molecule has 0 heterocycles. The van der Waals surface area contributed by atoms with E-state index in [2.05, 4.69) is 11.9 Å². The molecule has 170 valence electrons. The minimum Gasteiger partial charge on any atom is -0.862 e. The fraction of sp³-hybridized carbons (Fsp3) is 0.870. The molecule has 7 heteroatoms. The molecule has 0 amide bonds. The molecule has 0 unspecified atom stereocenters. The molecule has 0 spiro atoms. The van der Waals surface area contributed by atoms with Gasteiger partial charge in [0, 0.05) is 5.97 Å². The molecule has 0 aromatic carbocycles. The molecule has 0 saturated carbocycles. The van der Waals surface area contributed by atoms with Gasteiger partial charge in [-0.2, -0.15) is 0 Å². The van der Waals surface area contributed by atoms with E-state index in [0.29, 0.717) is 6.42 Å². The van der Waals surface area contributed by atoms with Crippen molar-refractivity contribution in [3.8, 4) is 0 Å². The van der Waals surface area contributed by atoms with Crippen LogP contribution in [0.3, 0.4) is 0 Å². The maximum absolute atomic E-state index is 11.7. The zero-order valence-corrected chi connectivity index (χ0v) is 22.0. The van der Waals surface area contributed by atoms with E-state index >= 15 is 0 Å². The maximum Gasteiger partial charge on any atom is 2.00 e. The van der Waals surface area contributed by atoms with E-state index in [1.54, 1.807) is 0 Å². The first-order valence-electron chi connectivity index (χ1n) is 11.6. The summed E-state index contributed by atoms with van der Waals surface area (Å²) in [7, 11) is 0. The van der Waals surface area contributed by atoms with E-state index in [4.69, 9.17) is 5.11 Å². The van der Waals surface area contributed by atoms with Crippen molar-refractivity contribution < 1.29 is 44.4 Å². The third-order valence-corrected chi connectivity index (χ3v) is 5.20. The fourth-order valence-corrected chi connectivity index (χ4v) is 3.38. The van der Waals surface area contributed by atoms with Crippen LogP contribution >= 0.6 is 0 Å². The van der Waals surface area contributed by atoms with E-state index in [1.165, 1.54) is 77.0 Å². The van der Waals surface area contributed by atoms with Crippen LogP contribution in [0.25, 0.3) is 0 Å². The second-order valence-electron chi connectivity index (χ2n) is 7.99. The zero-order chi connectivity index (χ0) is 21.7. The van der Waals surface area contributed by atoms with Crippen molar-refractivity contribution >= 4 is 17.8 Å². The summed E-state index contributed by atoms with van der Waals surface area (Å²) in [4.78, 5) is 25.0. The molecule has 0 aliphatic heterocycles. The largest absolute Gasteiger partial charge is 2.00 e. The second-order valence-corrected chi connectivity index (χ2v) is 7.99. The van der Waals surface area contributed by atoms with Gasteiger partial charge in [0.15, 0.2) is 0 Å². The van der Waals surface area contributed by atoms with Crippen LogP contribution in [0, 0.1) is 0 Å². The van der Waals surface area contributed by atoms with Gasteiger partial charge < -0.3 is 20.1 Å². The molecular weight excluding hydrogens is 436 g/mol. The summed E-state index contributed by atoms with van der Waals surface area (Å²) >= 11 is 0. The van der Waals surface area contributed by atoms with Gasteiger partial charge in [0.25, 0.3) is 0 Å². The van der Waals surface area contributed by atoms with Gasteiger partial charge in [-0.05, 0) is 31.6 Å². The first-order chi connectivity index (χ1) is 14.0. The number of nitrogens with zero attached hydrogens (tertiary/aromatic N) is 1. The number of hydrogen-bond donors (Lipinski definition) is 1. The van der Waals surface area contributed by atoms with E-state index < -0.39 is 30.3 Å². The molecule has 0 aromatic rings. The van der Waals surface area contributed by atoms with Crippen LogP contribution in [0.4, 0.5) is 0 Å². The minimum atomic E-state index is -1.33. The van der Waals surface area contributed by atoms with Crippen molar-refractivity contribution in [3.63, 3.8) is 0 Å². The summed E-state index contributed by atoms with van der Waals surface area (Å²) < 4.78 is 0. The van der Waals surface area contributed by atoms with E-state index in [1.807, 2.05) is 0 Å². The standard InChI is InChI=1S/C23H43NO5.Zn/c1-2-3-4-5-6-7-8-9-10-11-12-13-14-15-16-17-21(25)24-20(23(28)29)18-19-22(26)27;/h20H,2-19H2,1H3,(H,24,25)(H,26,27)(H,28,29);/q;+2/p-2/t20-;/m0./s1. The van der Waals surface area contributed by atoms with Crippen molar-refractivity contribution in [2.45, 2.75) is 129 Å². The smallest absolute Gasteiger partial charge is 0.862 e. The molecule has 1 atom stereocenters. The fourth-order valence-electron chi connectivity index (χ4n) is 3.38. The molecule has 0 aliphatic rings. The molecule has 6 nitrogen and oxygen atoms in total. The molecule has 0 fully saturated rings. The Bertz CT molecular complexity index is 457. The molecule has 0 radical (unpaired) electrons. The van der Waals surface area contributed by atoms with Gasteiger partial charge in [-0.15, -0.1) is 0 Å². The molecular formula is C23H41NO5Zn. The average Bonchev–Trinajstić information content (AvgIpc) is 2.67. The number of aliphatic imine (C=N–C) groups is 1. The molecule has 30 heavy (non-hydrogen) atoms. The van der Waals surface area contributed by atoms with Gasteiger partial charge in [0.05, 0.1) is 0 Å². The Labute approximate surface area is 195 Å². The van der Waals surface area contributed by atoms with Gasteiger partial charge in [-0.1, -0.05) is 96.8 Å². The van der Waals surface area contributed by atoms with Crippen LogP contribution in [0.2, 0.25) is 0 Å². The van der Waals surface area contributed by atoms with Crippen LogP contribution in [0.1, 0.15) is 122 Å². The van der Waals surface area contributed by atoms with E-state index in [0.717, 1.165) is 12.8 Å². The normalized spacial score (nSPS) is 12.4. The Hall–Kier alpha value is -0.967. The third kappa shape index (κ3) is 21.7. The predicted octanol–water partition coefficient (Wildman–Crippen LogP) is 3.99. The summed E-state index contributed by atoms with van der Waals surface area (Å²) in [5.41, 5.74) is 0. The number of carboxylic acids is 2. The second kappa shape index (κ2) is 22.7. The summed E-state index contributed by atoms with van der Waals surface area (Å²) in [6, 6.07) is -1.28.